The van der Waals surface area contributed by atoms with Gasteiger partial charge in [-0.15, -0.1) is 0 Å². The molecule has 0 spiro atoms. The molecule has 0 bridgehead atoms. The molecule has 0 N–H and O–H groups in total. The van der Waals surface area contributed by atoms with E-state index < -0.39 is 0 Å². The van der Waals surface area contributed by atoms with E-state index in [-0.39, 0.29) is 0 Å². The van der Waals surface area contributed by atoms with Gasteiger partial charge in [0.25, 0.3) is 0 Å². The van der Waals surface area contributed by atoms with Crippen molar-refractivity contribution in [3.63, 3.8) is 0 Å². The summed E-state index contributed by atoms with van der Waals surface area (Å²) in [5, 5.41) is 0. The SMILES string of the molecule is CCCC1=Cc2ccccc2OC1.COc1ccncn1. The van der Waals surface area contributed by atoms with E-state index >= 15 is 0 Å². The van der Waals surface area contributed by atoms with Gasteiger partial charge in [-0.05, 0) is 24.1 Å². The Morgan fingerprint density at radius 2 is 2.10 bits per heavy atom. The normalized spacial score (nSPS) is 12.2. The molecule has 4 heteroatoms. The molecule has 0 unspecified atom stereocenters. The number of rotatable bonds is 3. The molecule has 0 saturated carbocycles. The van der Waals surface area contributed by atoms with Crippen LogP contribution in [-0.4, -0.2) is 23.7 Å². The fourth-order valence-corrected chi connectivity index (χ4v) is 2.03. The number of hydrogen-bond donors (Lipinski definition) is 0. The minimum Gasteiger partial charge on any atom is -0.489 e. The van der Waals surface area contributed by atoms with Crippen LogP contribution in [0.4, 0.5) is 0 Å². The Bertz CT molecular complexity index is 582. The highest BCUT2D eigenvalue weighted by Crippen LogP contribution is 2.26. The van der Waals surface area contributed by atoms with Gasteiger partial charge in [0, 0.05) is 17.8 Å². The van der Waals surface area contributed by atoms with Crippen LogP contribution in [0.15, 0.2) is 48.4 Å². The summed E-state index contributed by atoms with van der Waals surface area (Å²) in [7, 11) is 1.57. The molecule has 110 valence electrons. The smallest absolute Gasteiger partial charge is 0.215 e. The molecule has 1 aromatic carbocycles. The van der Waals surface area contributed by atoms with Gasteiger partial charge in [-0.2, -0.15) is 0 Å². The first-order valence-corrected chi connectivity index (χ1v) is 7.04. The number of benzene rings is 1. The van der Waals surface area contributed by atoms with E-state index in [1.54, 1.807) is 19.4 Å². The number of ether oxygens (including phenoxy) is 2. The predicted molar refractivity (Wildman–Crippen MR) is 83.4 cm³/mol. The summed E-state index contributed by atoms with van der Waals surface area (Å²) in [5.74, 6) is 1.61. The molecule has 2 aromatic rings. The molecule has 1 aliphatic heterocycles. The maximum atomic E-state index is 5.62. The molecule has 3 rings (SSSR count). The molecular weight excluding hydrogens is 264 g/mol. The number of hydrogen-bond acceptors (Lipinski definition) is 4. The predicted octanol–water partition coefficient (Wildman–Crippen LogP) is 3.75. The molecule has 0 fully saturated rings. The third kappa shape index (κ3) is 4.60. The van der Waals surface area contributed by atoms with Gasteiger partial charge in [0.1, 0.15) is 18.7 Å². The van der Waals surface area contributed by atoms with Crippen LogP contribution >= 0.6 is 0 Å². The molecule has 1 aliphatic rings. The number of para-hydroxylation sites is 1. The van der Waals surface area contributed by atoms with E-state index in [9.17, 15) is 0 Å². The lowest BCUT2D eigenvalue weighted by molar-refractivity contribution is 0.342. The van der Waals surface area contributed by atoms with Crippen molar-refractivity contribution >= 4 is 6.08 Å². The zero-order valence-electron chi connectivity index (χ0n) is 12.5. The quantitative estimate of drug-likeness (QED) is 0.861. The third-order valence-electron chi connectivity index (χ3n) is 3.03. The second kappa shape index (κ2) is 8.04. The Hall–Kier alpha value is -2.36. The first-order chi connectivity index (χ1) is 10.3. The average Bonchev–Trinajstić information content (AvgIpc) is 2.56. The fraction of sp³-hybridized carbons (Fsp3) is 0.294. The third-order valence-corrected chi connectivity index (χ3v) is 3.03. The van der Waals surface area contributed by atoms with Crippen LogP contribution < -0.4 is 9.47 Å². The Morgan fingerprint density at radius 3 is 2.76 bits per heavy atom. The molecule has 0 atom stereocenters. The summed E-state index contributed by atoms with van der Waals surface area (Å²) in [6.45, 7) is 2.96. The molecule has 0 amide bonds. The van der Waals surface area contributed by atoms with Crippen molar-refractivity contribution in [3.05, 3.63) is 54.0 Å². The van der Waals surface area contributed by atoms with Crippen LogP contribution in [0, 0.1) is 0 Å². The largest absolute Gasteiger partial charge is 0.489 e. The van der Waals surface area contributed by atoms with E-state index in [1.165, 1.54) is 23.9 Å². The maximum absolute atomic E-state index is 5.62. The second-order valence-electron chi connectivity index (χ2n) is 4.63. The Labute approximate surface area is 125 Å². The molecule has 21 heavy (non-hydrogen) atoms. The van der Waals surface area contributed by atoms with Crippen molar-refractivity contribution < 1.29 is 9.47 Å². The lowest BCUT2D eigenvalue weighted by Crippen LogP contribution is -2.06. The molecule has 1 aromatic heterocycles. The van der Waals surface area contributed by atoms with Crippen molar-refractivity contribution in [2.75, 3.05) is 13.7 Å². The van der Waals surface area contributed by atoms with Gasteiger partial charge in [0.2, 0.25) is 5.88 Å². The van der Waals surface area contributed by atoms with Gasteiger partial charge in [0.05, 0.1) is 7.11 Å². The summed E-state index contributed by atoms with van der Waals surface area (Å²) in [5.41, 5.74) is 2.62. The Morgan fingerprint density at radius 1 is 1.24 bits per heavy atom. The summed E-state index contributed by atoms with van der Waals surface area (Å²) in [4.78, 5) is 7.47. The Kier molecular flexibility index (Phi) is 5.76. The van der Waals surface area contributed by atoms with Crippen molar-refractivity contribution in [2.24, 2.45) is 0 Å². The first-order valence-electron chi connectivity index (χ1n) is 7.04. The standard InChI is InChI=1S/C12H14O.C5H6N2O/c1-2-5-10-8-11-6-3-4-7-12(11)13-9-10;1-8-5-2-3-6-4-7-5/h3-4,6-8H,2,5,9H2,1H3;2-4H,1H3. The van der Waals surface area contributed by atoms with E-state index in [1.807, 2.05) is 18.2 Å². The maximum Gasteiger partial charge on any atom is 0.215 e. The lowest BCUT2D eigenvalue weighted by Gasteiger charge is -2.17. The number of fused-ring (bicyclic) bond motifs is 1. The molecule has 4 nitrogen and oxygen atoms in total. The van der Waals surface area contributed by atoms with Crippen molar-refractivity contribution in [3.8, 4) is 11.6 Å². The van der Waals surface area contributed by atoms with E-state index in [4.69, 9.17) is 9.47 Å². The molecule has 0 radical (unpaired) electrons. The molecule has 2 heterocycles. The minimum absolute atomic E-state index is 0.597. The van der Waals surface area contributed by atoms with Crippen LogP contribution in [0.25, 0.3) is 6.08 Å². The summed E-state index contributed by atoms with van der Waals surface area (Å²) >= 11 is 0. The number of methoxy groups -OCH3 is 1. The molecule has 0 aliphatic carbocycles. The number of nitrogens with zero attached hydrogens (tertiary/aromatic N) is 2. The van der Waals surface area contributed by atoms with Gasteiger partial charge < -0.3 is 9.47 Å². The summed E-state index contributed by atoms with van der Waals surface area (Å²) in [6.07, 6.45) is 7.67. The van der Waals surface area contributed by atoms with Gasteiger partial charge >= 0.3 is 0 Å². The highest BCUT2D eigenvalue weighted by Gasteiger charge is 2.08. The van der Waals surface area contributed by atoms with Crippen molar-refractivity contribution in [1.29, 1.82) is 0 Å². The summed E-state index contributed by atoms with van der Waals surface area (Å²) in [6, 6.07) is 9.88. The topological polar surface area (TPSA) is 44.2 Å². The zero-order valence-corrected chi connectivity index (χ0v) is 12.5. The van der Waals surface area contributed by atoms with Crippen LogP contribution in [0.2, 0.25) is 0 Å². The lowest BCUT2D eigenvalue weighted by atomic mass is 10.0. The van der Waals surface area contributed by atoms with Crippen molar-refractivity contribution in [2.45, 2.75) is 19.8 Å². The van der Waals surface area contributed by atoms with Gasteiger partial charge in [-0.3, -0.25) is 0 Å². The van der Waals surface area contributed by atoms with Crippen LogP contribution in [0.5, 0.6) is 11.6 Å². The van der Waals surface area contributed by atoms with Crippen LogP contribution in [0.1, 0.15) is 25.3 Å². The zero-order chi connectivity index (χ0) is 14.9. The van der Waals surface area contributed by atoms with Crippen molar-refractivity contribution in [1.82, 2.24) is 9.97 Å². The highest BCUT2D eigenvalue weighted by molar-refractivity contribution is 5.61. The minimum atomic E-state index is 0.597. The number of aromatic nitrogens is 2. The molecule has 0 saturated heterocycles. The van der Waals surface area contributed by atoms with Gasteiger partial charge in [0.15, 0.2) is 0 Å². The van der Waals surface area contributed by atoms with Crippen LogP contribution in [0.3, 0.4) is 0 Å². The van der Waals surface area contributed by atoms with E-state index in [2.05, 4.69) is 29.0 Å². The van der Waals surface area contributed by atoms with E-state index in [0.717, 1.165) is 18.8 Å². The Balaban J connectivity index is 0.000000173. The van der Waals surface area contributed by atoms with Gasteiger partial charge in [-0.1, -0.05) is 31.5 Å². The van der Waals surface area contributed by atoms with E-state index in [0.29, 0.717) is 5.88 Å². The monoisotopic (exact) mass is 284 g/mol. The van der Waals surface area contributed by atoms with Gasteiger partial charge in [-0.25, -0.2) is 9.97 Å². The molecular formula is C17H20N2O2. The van der Waals surface area contributed by atoms with Crippen LogP contribution in [-0.2, 0) is 0 Å². The second-order valence-corrected chi connectivity index (χ2v) is 4.63. The first kappa shape index (κ1) is 15.0. The fourth-order valence-electron chi connectivity index (χ4n) is 2.03. The summed E-state index contributed by atoms with van der Waals surface area (Å²) < 4.78 is 10.4. The highest BCUT2D eigenvalue weighted by atomic mass is 16.5. The average molecular weight is 284 g/mol.